The van der Waals surface area contributed by atoms with Crippen LogP contribution in [0.5, 0.6) is 0 Å². The van der Waals surface area contributed by atoms with Gasteiger partial charge >= 0.3 is 5.97 Å². The molecule has 0 bridgehead atoms. The van der Waals surface area contributed by atoms with Gasteiger partial charge in [-0.3, -0.25) is 14.2 Å². The summed E-state index contributed by atoms with van der Waals surface area (Å²) in [5, 5.41) is 11.0. The molecule has 2 heterocycles. The van der Waals surface area contributed by atoms with Crippen LogP contribution in [0.25, 0.3) is 0 Å². The Balaban J connectivity index is 2.13. The van der Waals surface area contributed by atoms with Gasteiger partial charge in [0.1, 0.15) is 6.54 Å². The maximum absolute atomic E-state index is 12.0. The van der Waals surface area contributed by atoms with Crippen molar-refractivity contribution in [2.45, 2.75) is 13.5 Å². The van der Waals surface area contributed by atoms with E-state index in [0.717, 1.165) is 0 Å². The molecule has 2 aromatic rings. The number of rotatable bonds is 4. The van der Waals surface area contributed by atoms with Crippen LogP contribution >= 0.6 is 11.6 Å². The molecule has 0 spiro atoms. The summed E-state index contributed by atoms with van der Waals surface area (Å²) in [6.45, 7) is 1.74. The Morgan fingerprint density at radius 3 is 2.67 bits per heavy atom. The number of nitrogens with zero attached hydrogens (tertiary/aromatic N) is 4. The number of methoxy groups -OCH3 is 1. The van der Waals surface area contributed by atoms with Gasteiger partial charge in [-0.15, -0.1) is 0 Å². The summed E-state index contributed by atoms with van der Waals surface area (Å²) in [4.78, 5) is 23.7. The number of aromatic nitrogens is 4. The van der Waals surface area contributed by atoms with Crippen LogP contribution < -0.4 is 5.32 Å². The van der Waals surface area contributed by atoms with Gasteiger partial charge in [0, 0.05) is 7.05 Å². The number of carbonyl (C=O) groups is 2. The van der Waals surface area contributed by atoms with Gasteiger partial charge in [-0.05, 0) is 6.92 Å². The first-order valence-corrected chi connectivity index (χ1v) is 6.40. The Kier molecular flexibility index (Phi) is 4.27. The van der Waals surface area contributed by atoms with Gasteiger partial charge in [0.15, 0.2) is 5.69 Å². The van der Waals surface area contributed by atoms with Crippen LogP contribution in [-0.4, -0.2) is 38.5 Å². The molecule has 1 amide bonds. The van der Waals surface area contributed by atoms with Crippen LogP contribution in [0.2, 0.25) is 5.02 Å². The summed E-state index contributed by atoms with van der Waals surface area (Å²) in [6.07, 6.45) is 2.85. The smallest absolute Gasteiger partial charge is 0.358 e. The molecule has 2 aromatic heterocycles. The second-order valence-electron chi connectivity index (χ2n) is 4.31. The summed E-state index contributed by atoms with van der Waals surface area (Å²) >= 11 is 5.87. The molecular formula is C12H14ClN5O3. The third-order valence-corrected chi connectivity index (χ3v) is 3.30. The van der Waals surface area contributed by atoms with Crippen molar-refractivity contribution in [3.05, 3.63) is 28.8 Å². The summed E-state index contributed by atoms with van der Waals surface area (Å²) < 4.78 is 7.45. The lowest BCUT2D eigenvalue weighted by Gasteiger charge is -2.07. The number of hydrogen-bond donors (Lipinski definition) is 1. The summed E-state index contributed by atoms with van der Waals surface area (Å²) in [7, 11) is 2.84. The zero-order valence-electron chi connectivity index (χ0n) is 11.8. The predicted octanol–water partition coefficient (Wildman–Crippen LogP) is 1.00. The second-order valence-corrected chi connectivity index (χ2v) is 4.71. The Morgan fingerprint density at radius 1 is 1.38 bits per heavy atom. The van der Waals surface area contributed by atoms with E-state index in [-0.39, 0.29) is 23.8 Å². The van der Waals surface area contributed by atoms with Crippen molar-refractivity contribution >= 4 is 29.2 Å². The number of anilines is 1. The van der Waals surface area contributed by atoms with E-state index >= 15 is 0 Å². The zero-order valence-corrected chi connectivity index (χ0v) is 12.5. The molecule has 0 atom stereocenters. The minimum absolute atomic E-state index is 0.0198. The summed E-state index contributed by atoms with van der Waals surface area (Å²) in [5.74, 6) is -0.931. The highest BCUT2D eigenvalue weighted by Crippen LogP contribution is 2.16. The van der Waals surface area contributed by atoms with E-state index in [9.17, 15) is 9.59 Å². The van der Waals surface area contributed by atoms with Gasteiger partial charge in [0.25, 0.3) is 0 Å². The van der Waals surface area contributed by atoms with Crippen molar-refractivity contribution in [1.29, 1.82) is 0 Å². The number of nitrogens with one attached hydrogen (secondary N) is 1. The molecule has 0 aliphatic heterocycles. The average molecular weight is 312 g/mol. The molecular weight excluding hydrogens is 298 g/mol. The molecule has 0 aliphatic carbocycles. The van der Waals surface area contributed by atoms with E-state index in [4.69, 9.17) is 11.6 Å². The molecule has 8 nitrogen and oxygen atoms in total. The molecule has 9 heteroatoms. The third-order valence-electron chi connectivity index (χ3n) is 2.93. The van der Waals surface area contributed by atoms with E-state index in [0.29, 0.717) is 10.7 Å². The van der Waals surface area contributed by atoms with Crippen LogP contribution in [0.4, 0.5) is 5.69 Å². The van der Waals surface area contributed by atoms with Gasteiger partial charge in [-0.2, -0.15) is 10.2 Å². The number of amides is 1. The monoisotopic (exact) mass is 311 g/mol. The van der Waals surface area contributed by atoms with Crippen molar-refractivity contribution in [3.63, 3.8) is 0 Å². The van der Waals surface area contributed by atoms with Crippen LogP contribution in [0.1, 0.15) is 16.2 Å². The zero-order chi connectivity index (χ0) is 15.6. The van der Waals surface area contributed by atoms with Gasteiger partial charge in [-0.25, -0.2) is 4.79 Å². The van der Waals surface area contributed by atoms with Crippen molar-refractivity contribution in [3.8, 4) is 0 Å². The lowest BCUT2D eigenvalue weighted by atomic mass is 10.3. The van der Waals surface area contributed by atoms with Gasteiger partial charge in [0.2, 0.25) is 5.91 Å². The van der Waals surface area contributed by atoms with E-state index in [1.54, 1.807) is 14.0 Å². The Labute approximate surface area is 125 Å². The van der Waals surface area contributed by atoms with E-state index in [1.165, 1.54) is 28.9 Å². The predicted molar refractivity (Wildman–Crippen MR) is 75.2 cm³/mol. The Bertz CT molecular complexity index is 691. The van der Waals surface area contributed by atoms with Crippen LogP contribution in [-0.2, 0) is 23.1 Å². The first kappa shape index (κ1) is 15.0. The van der Waals surface area contributed by atoms with Crippen molar-refractivity contribution < 1.29 is 14.3 Å². The molecule has 21 heavy (non-hydrogen) atoms. The van der Waals surface area contributed by atoms with Crippen LogP contribution in [0.15, 0.2) is 12.4 Å². The van der Waals surface area contributed by atoms with E-state index in [1.807, 2.05) is 0 Å². The van der Waals surface area contributed by atoms with Gasteiger partial charge < -0.3 is 10.1 Å². The SMILES string of the molecule is COC(=O)c1c(NC(=O)Cn2ncc(Cl)c2C)cnn1C. The lowest BCUT2D eigenvalue weighted by Crippen LogP contribution is -2.21. The highest BCUT2D eigenvalue weighted by molar-refractivity contribution is 6.31. The molecule has 112 valence electrons. The number of aryl methyl sites for hydroxylation is 1. The standard InChI is InChI=1S/C12H14ClN5O3/c1-7-8(13)4-15-18(7)6-10(19)16-9-5-14-17(2)11(9)12(20)21-3/h4-5H,6H2,1-3H3,(H,16,19). The maximum atomic E-state index is 12.0. The van der Waals surface area contributed by atoms with E-state index in [2.05, 4.69) is 20.3 Å². The van der Waals surface area contributed by atoms with Crippen LogP contribution in [0.3, 0.4) is 0 Å². The number of halogens is 1. The van der Waals surface area contributed by atoms with Crippen LogP contribution in [0, 0.1) is 6.92 Å². The first-order valence-electron chi connectivity index (χ1n) is 6.02. The fourth-order valence-electron chi connectivity index (χ4n) is 1.78. The highest BCUT2D eigenvalue weighted by Gasteiger charge is 2.19. The normalized spacial score (nSPS) is 10.5. The molecule has 1 N–H and O–H groups in total. The Hall–Kier alpha value is -2.35. The fraction of sp³-hybridized carbons (Fsp3) is 0.333. The average Bonchev–Trinajstić information content (AvgIpc) is 2.95. The minimum atomic E-state index is -0.580. The molecule has 0 fully saturated rings. The van der Waals surface area contributed by atoms with Crippen molar-refractivity contribution in [1.82, 2.24) is 19.6 Å². The molecule has 2 rings (SSSR count). The number of esters is 1. The summed E-state index contributed by atoms with van der Waals surface area (Å²) in [5.41, 5.74) is 1.14. The largest absolute Gasteiger partial charge is 0.464 e. The van der Waals surface area contributed by atoms with Gasteiger partial charge in [-0.1, -0.05) is 11.6 Å². The van der Waals surface area contributed by atoms with Gasteiger partial charge in [0.05, 0.1) is 35.9 Å². The minimum Gasteiger partial charge on any atom is -0.464 e. The quantitative estimate of drug-likeness (QED) is 0.851. The topological polar surface area (TPSA) is 91.0 Å². The van der Waals surface area contributed by atoms with Crippen molar-refractivity contribution in [2.24, 2.45) is 7.05 Å². The molecule has 0 saturated heterocycles. The second kappa shape index (κ2) is 5.96. The first-order chi connectivity index (χ1) is 9.93. The molecule has 0 radical (unpaired) electrons. The molecule has 0 aliphatic rings. The molecule has 0 unspecified atom stereocenters. The Morgan fingerprint density at radius 2 is 2.10 bits per heavy atom. The fourth-order valence-corrected chi connectivity index (χ4v) is 1.92. The number of carbonyl (C=O) groups excluding carboxylic acids is 2. The number of ether oxygens (including phenoxy) is 1. The number of hydrogen-bond acceptors (Lipinski definition) is 5. The highest BCUT2D eigenvalue weighted by atomic mass is 35.5. The third kappa shape index (κ3) is 3.05. The summed E-state index contributed by atoms with van der Waals surface area (Å²) in [6, 6.07) is 0. The lowest BCUT2D eigenvalue weighted by molar-refractivity contribution is -0.116. The molecule has 0 saturated carbocycles. The van der Waals surface area contributed by atoms with E-state index < -0.39 is 5.97 Å². The maximum Gasteiger partial charge on any atom is 0.358 e. The molecule has 0 aromatic carbocycles. The van der Waals surface area contributed by atoms with Crippen molar-refractivity contribution in [2.75, 3.05) is 12.4 Å².